The molecular weight excluding hydrogens is 573 g/mol. The van der Waals surface area contributed by atoms with Gasteiger partial charge in [0.1, 0.15) is 0 Å². The number of hydrogen-bond acceptors (Lipinski definition) is 2. The lowest BCUT2D eigenvalue weighted by Gasteiger charge is -2.14. The van der Waals surface area contributed by atoms with Crippen molar-refractivity contribution in [3.63, 3.8) is 0 Å². The first-order valence-electron chi connectivity index (χ1n) is 16.4. The van der Waals surface area contributed by atoms with Crippen LogP contribution in [0.2, 0.25) is 0 Å². The number of aromatic nitrogens is 2. The number of aryl methyl sites for hydroxylation is 2. The van der Waals surface area contributed by atoms with Gasteiger partial charge in [0.25, 0.3) is 0 Å². The number of H-pyrrole nitrogens is 2. The SMILES string of the molecule is C=Nc1ccc2[nH]c3ccc(Nc4ccc(CC)c(-c5ccccc5C)c4)cc3c2c1.CC(C)c1ccc2[nH]c3ccccc3c2c1. The molecule has 0 radical (unpaired) electrons. The number of rotatable bonds is 6. The lowest BCUT2D eigenvalue weighted by atomic mass is 9.94. The second-order valence-corrected chi connectivity index (χ2v) is 12.6. The van der Waals surface area contributed by atoms with Crippen molar-refractivity contribution in [3.05, 3.63) is 138 Å². The summed E-state index contributed by atoms with van der Waals surface area (Å²) >= 11 is 0. The molecule has 3 N–H and O–H groups in total. The van der Waals surface area contributed by atoms with Crippen LogP contribution in [-0.2, 0) is 6.42 Å². The molecular formula is C43H40N4. The smallest absolute Gasteiger partial charge is 0.0630 e. The topological polar surface area (TPSA) is 56.0 Å². The standard InChI is InChI=1S/C28H25N3.C15H15N/c1-4-19-9-10-21(16-24(19)23-8-6-5-7-18(23)2)30-22-12-14-28-26(17-22)25-15-20(29-3)11-13-27(25)31-28;1-10(2)11-7-8-15-13(9-11)12-5-3-4-6-14(12)16-15/h5-17,30-31H,3-4H2,1-2H3;3-10,16H,1-2H3. The Morgan fingerprint density at radius 1 is 0.617 bits per heavy atom. The van der Waals surface area contributed by atoms with E-state index in [2.05, 4.69) is 170 Å². The maximum Gasteiger partial charge on any atom is 0.0630 e. The number of aromatic amines is 2. The molecule has 8 rings (SSSR count). The van der Waals surface area contributed by atoms with E-state index in [1.165, 1.54) is 55.0 Å². The lowest BCUT2D eigenvalue weighted by Crippen LogP contribution is -1.95. The van der Waals surface area contributed by atoms with E-state index in [9.17, 15) is 0 Å². The van der Waals surface area contributed by atoms with Crippen molar-refractivity contribution in [1.29, 1.82) is 0 Å². The van der Waals surface area contributed by atoms with Crippen LogP contribution in [0.25, 0.3) is 54.7 Å². The van der Waals surface area contributed by atoms with Gasteiger partial charge in [-0.15, -0.1) is 0 Å². The number of anilines is 2. The van der Waals surface area contributed by atoms with Crippen LogP contribution in [0.15, 0.2) is 126 Å². The molecule has 0 fully saturated rings. The molecule has 0 aliphatic rings. The second kappa shape index (κ2) is 12.6. The van der Waals surface area contributed by atoms with Crippen molar-refractivity contribution < 1.29 is 0 Å². The number of benzene rings is 6. The molecule has 0 bridgehead atoms. The van der Waals surface area contributed by atoms with Crippen LogP contribution in [0.5, 0.6) is 0 Å². The molecule has 0 atom stereocenters. The third kappa shape index (κ3) is 5.91. The van der Waals surface area contributed by atoms with Crippen LogP contribution in [-0.4, -0.2) is 16.7 Å². The van der Waals surface area contributed by atoms with Gasteiger partial charge in [0.05, 0.1) is 5.69 Å². The Morgan fingerprint density at radius 2 is 1.23 bits per heavy atom. The average Bonchev–Trinajstić information content (AvgIpc) is 3.66. The maximum absolute atomic E-state index is 4.08. The zero-order valence-electron chi connectivity index (χ0n) is 27.5. The van der Waals surface area contributed by atoms with Gasteiger partial charge in [0.15, 0.2) is 0 Å². The molecule has 0 spiro atoms. The van der Waals surface area contributed by atoms with Crippen molar-refractivity contribution in [2.45, 2.75) is 40.0 Å². The highest BCUT2D eigenvalue weighted by molar-refractivity contribution is 6.09. The minimum absolute atomic E-state index is 0.582. The first kappa shape index (κ1) is 30.1. The summed E-state index contributed by atoms with van der Waals surface area (Å²) in [6.07, 6.45) is 1.00. The van der Waals surface area contributed by atoms with Crippen LogP contribution < -0.4 is 5.32 Å². The quantitative estimate of drug-likeness (QED) is 0.161. The molecule has 4 heteroatoms. The summed E-state index contributed by atoms with van der Waals surface area (Å²) in [6.45, 7) is 12.5. The fraction of sp³-hybridized carbons (Fsp3) is 0.140. The summed E-state index contributed by atoms with van der Waals surface area (Å²) in [6, 6.07) is 43.0. The minimum Gasteiger partial charge on any atom is -0.355 e. The Bertz CT molecular complexity index is 2390. The van der Waals surface area contributed by atoms with Crippen molar-refractivity contribution in [2.24, 2.45) is 4.99 Å². The summed E-state index contributed by atoms with van der Waals surface area (Å²) in [4.78, 5) is 11.0. The van der Waals surface area contributed by atoms with E-state index in [0.717, 1.165) is 39.9 Å². The molecule has 47 heavy (non-hydrogen) atoms. The van der Waals surface area contributed by atoms with E-state index in [0.29, 0.717) is 5.92 Å². The maximum atomic E-state index is 4.08. The number of hydrogen-bond donors (Lipinski definition) is 3. The molecule has 2 aromatic heterocycles. The summed E-state index contributed by atoms with van der Waals surface area (Å²) < 4.78 is 0. The summed E-state index contributed by atoms with van der Waals surface area (Å²) in [7, 11) is 0. The molecule has 0 saturated carbocycles. The highest BCUT2D eigenvalue weighted by atomic mass is 14.9. The number of fused-ring (bicyclic) bond motifs is 6. The van der Waals surface area contributed by atoms with Gasteiger partial charge in [0.2, 0.25) is 0 Å². The highest BCUT2D eigenvalue weighted by Gasteiger charge is 2.10. The Kier molecular flexibility index (Phi) is 8.09. The van der Waals surface area contributed by atoms with Gasteiger partial charge < -0.3 is 15.3 Å². The van der Waals surface area contributed by atoms with Crippen LogP contribution in [0.3, 0.4) is 0 Å². The van der Waals surface area contributed by atoms with Gasteiger partial charge in [-0.3, -0.25) is 4.99 Å². The monoisotopic (exact) mass is 612 g/mol. The van der Waals surface area contributed by atoms with E-state index in [4.69, 9.17) is 0 Å². The summed E-state index contributed by atoms with van der Waals surface area (Å²) in [5.41, 5.74) is 14.3. The second-order valence-electron chi connectivity index (χ2n) is 12.6. The molecule has 0 amide bonds. The minimum atomic E-state index is 0.582. The van der Waals surface area contributed by atoms with Gasteiger partial charge >= 0.3 is 0 Å². The molecule has 2 heterocycles. The molecule has 8 aromatic rings. The van der Waals surface area contributed by atoms with Gasteiger partial charge in [-0.2, -0.15) is 0 Å². The summed E-state index contributed by atoms with van der Waals surface area (Å²) in [5.74, 6) is 0.582. The molecule has 0 saturated heterocycles. The fourth-order valence-electron chi connectivity index (χ4n) is 6.54. The Morgan fingerprint density at radius 3 is 1.98 bits per heavy atom. The molecule has 4 nitrogen and oxygen atoms in total. The zero-order chi connectivity index (χ0) is 32.5. The Balaban J connectivity index is 0.000000183. The van der Waals surface area contributed by atoms with Crippen LogP contribution in [0, 0.1) is 6.92 Å². The molecule has 0 unspecified atom stereocenters. The van der Waals surface area contributed by atoms with Crippen molar-refractivity contribution in [2.75, 3.05) is 5.32 Å². The predicted molar refractivity (Wildman–Crippen MR) is 204 cm³/mol. The summed E-state index contributed by atoms with van der Waals surface area (Å²) in [5, 5.41) is 8.60. The van der Waals surface area contributed by atoms with Gasteiger partial charge in [-0.1, -0.05) is 75.4 Å². The average molecular weight is 613 g/mol. The molecule has 0 aliphatic heterocycles. The number of aliphatic imine (C=N–C) groups is 1. The van der Waals surface area contributed by atoms with Crippen molar-refractivity contribution in [3.8, 4) is 11.1 Å². The third-order valence-corrected chi connectivity index (χ3v) is 9.18. The first-order valence-corrected chi connectivity index (χ1v) is 16.4. The van der Waals surface area contributed by atoms with E-state index < -0.39 is 0 Å². The number of para-hydroxylation sites is 1. The van der Waals surface area contributed by atoms with Gasteiger partial charge in [-0.25, -0.2) is 0 Å². The molecule has 0 aliphatic carbocycles. The van der Waals surface area contributed by atoms with E-state index in [1.807, 2.05) is 6.07 Å². The van der Waals surface area contributed by atoms with E-state index in [1.54, 1.807) is 0 Å². The number of nitrogens with zero attached hydrogens (tertiary/aromatic N) is 1. The van der Waals surface area contributed by atoms with Crippen LogP contribution in [0.1, 0.15) is 43.4 Å². The molecule has 232 valence electrons. The van der Waals surface area contributed by atoms with Crippen LogP contribution >= 0.6 is 0 Å². The first-order chi connectivity index (χ1) is 22.9. The number of nitrogens with one attached hydrogen (secondary N) is 3. The Labute approximate surface area is 276 Å². The van der Waals surface area contributed by atoms with Gasteiger partial charge in [0, 0.05) is 55.0 Å². The van der Waals surface area contributed by atoms with E-state index >= 15 is 0 Å². The van der Waals surface area contributed by atoms with Crippen molar-refractivity contribution in [1.82, 2.24) is 9.97 Å². The van der Waals surface area contributed by atoms with Gasteiger partial charge in [-0.05, 0) is 121 Å². The largest absolute Gasteiger partial charge is 0.355 e. The predicted octanol–water partition coefficient (Wildman–Crippen LogP) is 12.4. The third-order valence-electron chi connectivity index (χ3n) is 9.18. The zero-order valence-corrected chi connectivity index (χ0v) is 27.5. The lowest BCUT2D eigenvalue weighted by molar-refractivity contribution is 0.869. The van der Waals surface area contributed by atoms with Crippen LogP contribution in [0.4, 0.5) is 17.1 Å². The molecule has 6 aromatic carbocycles. The normalized spacial score (nSPS) is 11.3. The Hall–Kier alpha value is -5.61. The fourth-order valence-corrected chi connectivity index (χ4v) is 6.54. The van der Waals surface area contributed by atoms with Crippen molar-refractivity contribution >= 4 is 67.4 Å². The highest BCUT2D eigenvalue weighted by Crippen LogP contribution is 2.34. The van der Waals surface area contributed by atoms with E-state index in [-0.39, 0.29) is 0 Å².